The number of nitrogens with zero attached hydrogens (tertiary/aromatic N) is 4. The summed E-state index contributed by atoms with van der Waals surface area (Å²) in [6.45, 7) is 5.18. The number of urea groups is 1. The molecule has 8 heteroatoms. The van der Waals surface area contributed by atoms with E-state index >= 15 is 0 Å². The summed E-state index contributed by atoms with van der Waals surface area (Å²) in [6.07, 6.45) is 4.75. The molecule has 3 rings (SSSR count). The zero-order chi connectivity index (χ0) is 17.5. The number of halogens is 1. The first-order valence-corrected chi connectivity index (χ1v) is 8.65. The van der Waals surface area contributed by atoms with Crippen LogP contribution in [0.5, 0.6) is 5.75 Å². The van der Waals surface area contributed by atoms with Crippen LogP contribution in [0.1, 0.15) is 6.42 Å². The quantitative estimate of drug-likeness (QED) is 0.867. The molecule has 142 valence electrons. The molecule has 0 radical (unpaired) electrons. The van der Waals surface area contributed by atoms with Crippen LogP contribution in [-0.4, -0.2) is 65.4 Å². The van der Waals surface area contributed by atoms with Crippen molar-refractivity contribution in [1.29, 1.82) is 0 Å². The van der Waals surface area contributed by atoms with Crippen molar-refractivity contribution in [2.24, 2.45) is 0 Å². The summed E-state index contributed by atoms with van der Waals surface area (Å²) < 4.78 is 7.23. The zero-order valence-electron chi connectivity index (χ0n) is 15.0. The Morgan fingerprint density at radius 3 is 2.77 bits per heavy atom. The number of carbonyl (C=O) groups excluding carboxylic acids is 1. The summed E-state index contributed by atoms with van der Waals surface area (Å²) in [5.41, 5.74) is 0.704. The Labute approximate surface area is 160 Å². The molecular weight excluding hydrogens is 354 g/mol. The van der Waals surface area contributed by atoms with Gasteiger partial charge in [-0.1, -0.05) is 12.1 Å². The fourth-order valence-corrected chi connectivity index (χ4v) is 3.02. The second kappa shape index (κ2) is 10.0. The van der Waals surface area contributed by atoms with Crippen molar-refractivity contribution < 1.29 is 9.53 Å². The topological polar surface area (TPSA) is 62.6 Å². The molecule has 7 nitrogen and oxygen atoms in total. The molecule has 1 saturated heterocycles. The number of amides is 2. The van der Waals surface area contributed by atoms with Gasteiger partial charge in [0.15, 0.2) is 0 Å². The van der Waals surface area contributed by atoms with Crippen molar-refractivity contribution in [1.82, 2.24) is 19.6 Å². The average molecular weight is 380 g/mol. The lowest BCUT2D eigenvalue weighted by atomic mass is 10.3. The minimum Gasteiger partial charge on any atom is -0.495 e. The molecule has 0 aliphatic carbocycles. The lowest BCUT2D eigenvalue weighted by Gasteiger charge is -2.22. The Balaban J connectivity index is 0.00000243. The van der Waals surface area contributed by atoms with E-state index in [4.69, 9.17) is 4.74 Å². The Kier molecular flexibility index (Phi) is 7.74. The molecule has 26 heavy (non-hydrogen) atoms. The summed E-state index contributed by atoms with van der Waals surface area (Å²) in [6, 6.07) is 9.33. The third-order valence-corrected chi connectivity index (χ3v) is 4.43. The molecule has 0 saturated carbocycles. The second-order valence-corrected chi connectivity index (χ2v) is 6.08. The van der Waals surface area contributed by atoms with E-state index in [0.29, 0.717) is 11.4 Å². The molecule has 2 heterocycles. The number of para-hydroxylation sites is 2. The first kappa shape index (κ1) is 20.1. The maximum atomic E-state index is 12.6. The van der Waals surface area contributed by atoms with E-state index in [1.165, 1.54) is 0 Å². The van der Waals surface area contributed by atoms with Crippen LogP contribution in [0, 0.1) is 0 Å². The van der Waals surface area contributed by atoms with Gasteiger partial charge in [-0.05, 0) is 31.2 Å². The van der Waals surface area contributed by atoms with Crippen LogP contribution in [0.4, 0.5) is 10.5 Å². The monoisotopic (exact) mass is 379 g/mol. The van der Waals surface area contributed by atoms with Crippen LogP contribution in [-0.2, 0) is 6.54 Å². The fourth-order valence-electron chi connectivity index (χ4n) is 3.02. The molecular formula is C18H26ClN5O2. The van der Waals surface area contributed by atoms with E-state index < -0.39 is 0 Å². The third-order valence-electron chi connectivity index (χ3n) is 4.43. The molecule has 0 atom stereocenters. The van der Waals surface area contributed by atoms with Crippen LogP contribution in [0.25, 0.3) is 0 Å². The number of anilines is 1. The van der Waals surface area contributed by atoms with Crippen LogP contribution < -0.4 is 10.1 Å². The average Bonchev–Trinajstić information content (AvgIpc) is 3.04. The summed E-state index contributed by atoms with van der Waals surface area (Å²) in [5.74, 6) is 0.673. The van der Waals surface area contributed by atoms with Gasteiger partial charge in [0.25, 0.3) is 0 Å². The molecule has 1 aliphatic rings. The van der Waals surface area contributed by atoms with Gasteiger partial charge in [-0.2, -0.15) is 5.10 Å². The smallest absolute Gasteiger partial charge is 0.321 e. The van der Waals surface area contributed by atoms with Crippen LogP contribution in [0.15, 0.2) is 42.7 Å². The summed E-state index contributed by atoms with van der Waals surface area (Å²) in [5, 5.41) is 7.19. The molecule has 0 unspecified atom stereocenters. The highest BCUT2D eigenvalue weighted by Crippen LogP contribution is 2.23. The molecule has 1 aromatic carbocycles. The minimum absolute atomic E-state index is 0. The number of carbonyl (C=O) groups is 1. The molecule has 2 aromatic rings. The second-order valence-electron chi connectivity index (χ2n) is 6.08. The number of nitrogens with one attached hydrogen (secondary N) is 1. The maximum absolute atomic E-state index is 12.6. The van der Waals surface area contributed by atoms with Gasteiger partial charge in [-0.3, -0.25) is 9.58 Å². The highest BCUT2D eigenvalue weighted by Gasteiger charge is 2.19. The highest BCUT2D eigenvalue weighted by molar-refractivity contribution is 5.91. The van der Waals surface area contributed by atoms with Gasteiger partial charge in [-0.15, -0.1) is 12.4 Å². The number of hydrogen-bond acceptors (Lipinski definition) is 4. The number of ether oxygens (including phenoxy) is 1. The number of benzene rings is 1. The number of rotatable bonds is 5. The van der Waals surface area contributed by atoms with E-state index in [0.717, 1.165) is 45.7 Å². The number of hydrogen-bond donors (Lipinski definition) is 1. The van der Waals surface area contributed by atoms with Gasteiger partial charge < -0.3 is 15.0 Å². The summed E-state index contributed by atoms with van der Waals surface area (Å²) >= 11 is 0. The van der Waals surface area contributed by atoms with Crippen molar-refractivity contribution in [3.8, 4) is 5.75 Å². The Bertz CT molecular complexity index is 680. The third kappa shape index (κ3) is 5.37. The van der Waals surface area contributed by atoms with E-state index in [9.17, 15) is 4.79 Å². The van der Waals surface area contributed by atoms with Crippen molar-refractivity contribution in [2.75, 3.05) is 45.2 Å². The van der Waals surface area contributed by atoms with E-state index in [2.05, 4.69) is 15.3 Å². The summed E-state index contributed by atoms with van der Waals surface area (Å²) in [4.78, 5) is 16.8. The van der Waals surface area contributed by atoms with E-state index in [-0.39, 0.29) is 18.4 Å². The molecule has 0 bridgehead atoms. The van der Waals surface area contributed by atoms with Crippen molar-refractivity contribution in [3.63, 3.8) is 0 Å². The molecule has 1 fully saturated rings. The summed E-state index contributed by atoms with van der Waals surface area (Å²) in [7, 11) is 1.61. The Morgan fingerprint density at radius 1 is 1.15 bits per heavy atom. The largest absolute Gasteiger partial charge is 0.495 e. The Hall–Kier alpha value is -2.25. The lowest BCUT2D eigenvalue weighted by molar-refractivity contribution is 0.210. The normalized spacial score (nSPS) is 15.0. The number of aromatic nitrogens is 2. The Morgan fingerprint density at radius 2 is 2.00 bits per heavy atom. The van der Waals surface area contributed by atoms with E-state index in [1.807, 2.05) is 46.1 Å². The van der Waals surface area contributed by atoms with Crippen LogP contribution in [0.3, 0.4) is 0 Å². The van der Waals surface area contributed by atoms with Crippen molar-refractivity contribution in [3.05, 3.63) is 42.7 Å². The minimum atomic E-state index is -0.0709. The molecule has 0 spiro atoms. The van der Waals surface area contributed by atoms with Gasteiger partial charge in [0.1, 0.15) is 5.75 Å². The van der Waals surface area contributed by atoms with Gasteiger partial charge in [-0.25, -0.2) is 4.79 Å². The molecule has 1 N–H and O–H groups in total. The van der Waals surface area contributed by atoms with Gasteiger partial charge in [0, 0.05) is 38.6 Å². The SMILES string of the molecule is COc1ccccc1NC(=O)N1CCCN(CCn2cccn2)CC1.Cl. The molecule has 1 aromatic heterocycles. The predicted octanol–water partition coefficient (Wildman–Crippen LogP) is 2.55. The number of methoxy groups -OCH3 is 1. The lowest BCUT2D eigenvalue weighted by Crippen LogP contribution is -2.38. The fraction of sp³-hybridized carbons (Fsp3) is 0.444. The van der Waals surface area contributed by atoms with Gasteiger partial charge in [0.2, 0.25) is 0 Å². The van der Waals surface area contributed by atoms with Gasteiger partial charge >= 0.3 is 6.03 Å². The first-order chi connectivity index (χ1) is 12.3. The van der Waals surface area contributed by atoms with Gasteiger partial charge in [0.05, 0.1) is 19.3 Å². The molecule has 2 amide bonds. The van der Waals surface area contributed by atoms with Crippen molar-refractivity contribution in [2.45, 2.75) is 13.0 Å². The van der Waals surface area contributed by atoms with Crippen molar-refractivity contribution >= 4 is 24.1 Å². The van der Waals surface area contributed by atoms with Crippen LogP contribution in [0.2, 0.25) is 0 Å². The predicted molar refractivity (Wildman–Crippen MR) is 104 cm³/mol. The zero-order valence-corrected chi connectivity index (χ0v) is 15.8. The highest BCUT2D eigenvalue weighted by atomic mass is 35.5. The molecule has 1 aliphatic heterocycles. The first-order valence-electron chi connectivity index (χ1n) is 8.65. The standard InChI is InChI=1S/C18H25N5O2.ClH/c1-25-17-7-3-2-6-16(17)20-18(24)22-10-5-9-21(12-14-22)13-15-23-11-4-8-19-23;/h2-4,6-8,11H,5,9-10,12-15H2,1H3,(H,20,24);1H. The van der Waals surface area contributed by atoms with E-state index in [1.54, 1.807) is 13.3 Å². The maximum Gasteiger partial charge on any atom is 0.321 e. The van der Waals surface area contributed by atoms with Crippen LogP contribution >= 0.6 is 12.4 Å².